The van der Waals surface area contributed by atoms with Gasteiger partial charge in [-0.1, -0.05) is 0 Å². The quantitative estimate of drug-likeness (QED) is 0.863. The van der Waals surface area contributed by atoms with Crippen molar-refractivity contribution in [2.75, 3.05) is 26.2 Å². The van der Waals surface area contributed by atoms with Crippen molar-refractivity contribution < 1.29 is 9.84 Å². The van der Waals surface area contributed by atoms with Crippen LogP contribution in [0.1, 0.15) is 29.7 Å². The summed E-state index contributed by atoms with van der Waals surface area (Å²) in [4.78, 5) is 6.77. The number of pyridine rings is 1. The van der Waals surface area contributed by atoms with E-state index in [0.29, 0.717) is 12.5 Å². The average molecular weight is 250 g/mol. The molecule has 1 aliphatic rings. The van der Waals surface area contributed by atoms with E-state index >= 15 is 0 Å². The Kier molecular flexibility index (Phi) is 4.55. The minimum Gasteiger partial charge on any atom is -0.476 e. The number of aromatic nitrogens is 1. The fourth-order valence-corrected chi connectivity index (χ4v) is 2.42. The van der Waals surface area contributed by atoms with E-state index < -0.39 is 0 Å². The number of ether oxygens (including phenoxy) is 1. The highest BCUT2D eigenvalue weighted by molar-refractivity contribution is 5.35. The topological polar surface area (TPSA) is 45.6 Å². The molecular weight excluding hydrogens is 228 g/mol. The molecule has 18 heavy (non-hydrogen) atoms. The van der Waals surface area contributed by atoms with Crippen LogP contribution in [-0.4, -0.2) is 41.2 Å². The van der Waals surface area contributed by atoms with Gasteiger partial charge in [-0.3, -0.25) is 4.90 Å². The lowest BCUT2D eigenvalue weighted by Crippen LogP contribution is -2.25. The molecule has 1 fully saturated rings. The van der Waals surface area contributed by atoms with Gasteiger partial charge < -0.3 is 9.84 Å². The zero-order valence-electron chi connectivity index (χ0n) is 11.3. The first kappa shape index (κ1) is 13.3. The van der Waals surface area contributed by atoms with Crippen LogP contribution < -0.4 is 4.74 Å². The lowest BCUT2D eigenvalue weighted by atomic mass is 10.1. The van der Waals surface area contributed by atoms with Gasteiger partial charge in [0.05, 0.1) is 6.61 Å². The first-order valence-electron chi connectivity index (χ1n) is 6.64. The maximum atomic E-state index is 9.37. The van der Waals surface area contributed by atoms with Gasteiger partial charge in [-0.25, -0.2) is 4.98 Å². The third-order valence-electron chi connectivity index (χ3n) is 3.44. The number of aliphatic hydroxyl groups is 1. The Morgan fingerprint density at radius 2 is 2.06 bits per heavy atom. The molecule has 1 N–H and O–H groups in total. The molecule has 4 heteroatoms. The Morgan fingerprint density at radius 3 is 2.72 bits per heavy atom. The van der Waals surface area contributed by atoms with Crippen LogP contribution in [-0.2, 0) is 6.61 Å². The minimum atomic E-state index is -0.0157. The van der Waals surface area contributed by atoms with Crippen LogP contribution in [0.25, 0.3) is 0 Å². The fraction of sp³-hybridized carbons (Fsp3) is 0.643. The second-order valence-corrected chi connectivity index (χ2v) is 4.92. The van der Waals surface area contributed by atoms with E-state index in [0.717, 1.165) is 23.4 Å². The van der Waals surface area contributed by atoms with Gasteiger partial charge in [0.2, 0.25) is 5.88 Å². The Balaban J connectivity index is 1.95. The average Bonchev–Trinajstić information content (AvgIpc) is 2.81. The van der Waals surface area contributed by atoms with Crippen molar-refractivity contribution in [1.82, 2.24) is 9.88 Å². The van der Waals surface area contributed by atoms with Gasteiger partial charge in [0, 0.05) is 17.8 Å². The molecule has 0 amide bonds. The van der Waals surface area contributed by atoms with Crippen molar-refractivity contribution >= 4 is 0 Å². The molecule has 0 aromatic carbocycles. The largest absolute Gasteiger partial charge is 0.476 e. The molecule has 1 aromatic rings. The predicted molar refractivity (Wildman–Crippen MR) is 70.8 cm³/mol. The molecule has 0 atom stereocenters. The Morgan fingerprint density at radius 1 is 1.33 bits per heavy atom. The fourth-order valence-electron chi connectivity index (χ4n) is 2.42. The highest BCUT2D eigenvalue weighted by Gasteiger charge is 2.13. The summed E-state index contributed by atoms with van der Waals surface area (Å²) in [6.07, 6.45) is 2.59. The standard InChI is InChI=1S/C14H22N2O2/c1-11-9-12(2)15-14(13(11)10-17)18-8-7-16-5-3-4-6-16/h9,17H,3-8,10H2,1-2H3. The van der Waals surface area contributed by atoms with Gasteiger partial charge in [-0.2, -0.15) is 0 Å². The van der Waals surface area contributed by atoms with Gasteiger partial charge in [-0.05, 0) is 51.4 Å². The third-order valence-corrected chi connectivity index (χ3v) is 3.44. The molecule has 0 aliphatic carbocycles. The summed E-state index contributed by atoms with van der Waals surface area (Å²) < 4.78 is 5.74. The molecule has 2 heterocycles. The van der Waals surface area contributed by atoms with Crippen LogP contribution in [0, 0.1) is 13.8 Å². The predicted octanol–water partition coefficient (Wildman–Crippen LogP) is 1.67. The zero-order chi connectivity index (χ0) is 13.0. The molecule has 1 aliphatic heterocycles. The second-order valence-electron chi connectivity index (χ2n) is 4.92. The van der Waals surface area contributed by atoms with Crippen LogP contribution in [0.15, 0.2) is 6.07 Å². The van der Waals surface area contributed by atoms with E-state index in [-0.39, 0.29) is 6.61 Å². The minimum absolute atomic E-state index is 0.0157. The number of aryl methyl sites for hydroxylation is 2. The van der Waals surface area contributed by atoms with Crippen LogP contribution >= 0.6 is 0 Å². The summed E-state index contributed by atoms with van der Waals surface area (Å²) in [7, 11) is 0. The zero-order valence-corrected chi connectivity index (χ0v) is 11.3. The first-order chi connectivity index (χ1) is 8.70. The highest BCUT2D eigenvalue weighted by Crippen LogP contribution is 2.21. The van der Waals surface area contributed by atoms with Crippen molar-refractivity contribution in [3.63, 3.8) is 0 Å². The summed E-state index contributed by atoms with van der Waals surface area (Å²) >= 11 is 0. The summed E-state index contributed by atoms with van der Waals surface area (Å²) in [6, 6.07) is 1.97. The number of hydrogen-bond donors (Lipinski definition) is 1. The molecule has 0 unspecified atom stereocenters. The van der Waals surface area contributed by atoms with E-state index in [1.165, 1.54) is 25.9 Å². The van der Waals surface area contributed by atoms with Gasteiger partial charge >= 0.3 is 0 Å². The van der Waals surface area contributed by atoms with Crippen molar-refractivity contribution in [3.05, 3.63) is 22.9 Å². The van der Waals surface area contributed by atoms with E-state index in [1.54, 1.807) is 0 Å². The summed E-state index contributed by atoms with van der Waals surface area (Å²) in [5.74, 6) is 0.592. The molecule has 1 aromatic heterocycles. The van der Waals surface area contributed by atoms with Crippen LogP contribution in [0.2, 0.25) is 0 Å². The molecule has 0 bridgehead atoms. The number of rotatable bonds is 5. The van der Waals surface area contributed by atoms with Gasteiger partial charge in [0.15, 0.2) is 0 Å². The van der Waals surface area contributed by atoms with Crippen LogP contribution in [0.4, 0.5) is 0 Å². The normalized spacial score (nSPS) is 16.2. The summed E-state index contributed by atoms with van der Waals surface area (Å²) in [5.41, 5.74) is 2.78. The molecular formula is C14H22N2O2. The maximum Gasteiger partial charge on any atom is 0.219 e. The van der Waals surface area contributed by atoms with Crippen molar-refractivity contribution in [2.45, 2.75) is 33.3 Å². The van der Waals surface area contributed by atoms with E-state index in [1.807, 2.05) is 19.9 Å². The third kappa shape index (κ3) is 3.21. The molecule has 4 nitrogen and oxygen atoms in total. The molecule has 0 radical (unpaired) electrons. The molecule has 100 valence electrons. The van der Waals surface area contributed by atoms with Crippen molar-refractivity contribution in [1.29, 1.82) is 0 Å². The molecule has 0 saturated carbocycles. The smallest absolute Gasteiger partial charge is 0.219 e. The Hall–Kier alpha value is -1.13. The summed E-state index contributed by atoms with van der Waals surface area (Å²) in [5, 5.41) is 9.37. The van der Waals surface area contributed by atoms with E-state index in [9.17, 15) is 5.11 Å². The second kappa shape index (κ2) is 6.16. The number of nitrogens with zero attached hydrogens (tertiary/aromatic N) is 2. The lowest BCUT2D eigenvalue weighted by molar-refractivity contribution is 0.220. The number of likely N-dealkylation sites (tertiary alicyclic amines) is 1. The monoisotopic (exact) mass is 250 g/mol. The van der Waals surface area contributed by atoms with Gasteiger partial charge in [-0.15, -0.1) is 0 Å². The van der Waals surface area contributed by atoms with Gasteiger partial charge in [0.1, 0.15) is 6.61 Å². The van der Waals surface area contributed by atoms with Crippen LogP contribution in [0.5, 0.6) is 5.88 Å². The molecule has 0 spiro atoms. The maximum absolute atomic E-state index is 9.37. The Labute approximate surface area is 109 Å². The highest BCUT2D eigenvalue weighted by atomic mass is 16.5. The van der Waals surface area contributed by atoms with Crippen molar-refractivity contribution in [2.24, 2.45) is 0 Å². The first-order valence-corrected chi connectivity index (χ1v) is 6.64. The van der Waals surface area contributed by atoms with Crippen LogP contribution in [0.3, 0.4) is 0 Å². The van der Waals surface area contributed by atoms with E-state index in [4.69, 9.17) is 4.74 Å². The number of hydrogen-bond acceptors (Lipinski definition) is 4. The van der Waals surface area contributed by atoms with Crippen molar-refractivity contribution in [3.8, 4) is 5.88 Å². The Bertz CT molecular complexity index is 401. The van der Waals surface area contributed by atoms with E-state index in [2.05, 4.69) is 9.88 Å². The summed E-state index contributed by atoms with van der Waals surface area (Å²) in [6.45, 7) is 7.85. The van der Waals surface area contributed by atoms with Gasteiger partial charge in [0.25, 0.3) is 0 Å². The SMILES string of the molecule is Cc1cc(C)c(CO)c(OCCN2CCCC2)n1. The molecule has 2 rings (SSSR count). The number of aliphatic hydroxyl groups excluding tert-OH is 1. The lowest BCUT2D eigenvalue weighted by Gasteiger charge is -2.16. The molecule has 1 saturated heterocycles.